The Kier molecular flexibility index (Phi) is 4.52. The summed E-state index contributed by atoms with van der Waals surface area (Å²) in [6.45, 7) is 5.87. The topological polar surface area (TPSA) is 58.6 Å². The molecule has 1 amide bonds. The van der Waals surface area contributed by atoms with Gasteiger partial charge in [-0.05, 0) is 37.0 Å². The van der Waals surface area contributed by atoms with E-state index in [0.717, 1.165) is 11.8 Å². The molecule has 1 heterocycles. The van der Waals surface area contributed by atoms with Crippen molar-refractivity contribution in [3.8, 4) is 0 Å². The molecular formula is C18H31NO3. The first-order valence-corrected chi connectivity index (χ1v) is 8.96. The molecule has 1 aliphatic heterocycles. The van der Waals surface area contributed by atoms with Gasteiger partial charge in [0.1, 0.15) is 0 Å². The molecule has 0 aromatic heterocycles. The van der Waals surface area contributed by atoms with Gasteiger partial charge in [-0.25, -0.2) is 0 Å². The van der Waals surface area contributed by atoms with Crippen molar-refractivity contribution in [3.63, 3.8) is 0 Å². The minimum Gasteiger partial charge on any atom is -0.389 e. The Bertz CT molecular complexity index is 415. The van der Waals surface area contributed by atoms with Crippen LogP contribution in [0.25, 0.3) is 0 Å². The number of amides is 1. The predicted octanol–water partition coefficient (Wildman–Crippen LogP) is 2.50. The van der Waals surface area contributed by atoms with Gasteiger partial charge >= 0.3 is 0 Å². The molecule has 3 aliphatic rings. The summed E-state index contributed by atoms with van der Waals surface area (Å²) in [6, 6.07) is 0. The van der Waals surface area contributed by atoms with E-state index in [9.17, 15) is 9.90 Å². The van der Waals surface area contributed by atoms with E-state index in [0.29, 0.717) is 44.9 Å². The Labute approximate surface area is 134 Å². The molecule has 22 heavy (non-hydrogen) atoms. The number of hydrogen-bond acceptors (Lipinski definition) is 3. The molecule has 2 N–H and O–H groups in total. The molecule has 3 unspecified atom stereocenters. The Hall–Kier alpha value is -0.610. The SMILES string of the molecule is CC(C)(CNC(=O)CC1CC2CCC1C2)C1(O)CCOCC1. The summed E-state index contributed by atoms with van der Waals surface area (Å²) in [5.74, 6) is 2.46. The molecule has 2 aliphatic carbocycles. The third-order valence-electron chi connectivity index (χ3n) is 6.64. The summed E-state index contributed by atoms with van der Waals surface area (Å²) >= 11 is 0. The van der Waals surface area contributed by atoms with Crippen molar-refractivity contribution in [1.82, 2.24) is 5.32 Å². The number of rotatable bonds is 5. The average Bonchev–Trinajstić information content (AvgIpc) is 3.08. The van der Waals surface area contributed by atoms with Gasteiger partial charge in [-0.3, -0.25) is 4.79 Å². The third-order valence-corrected chi connectivity index (χ3v) is 6.64. The van der Waals surface area contributed by atoms with Gasteiger partial charge in [0.15, 0.2) is 0 Å². The lowest BCUT2D eigenvalue weighted by Crippen LogP contribution is -2.53. The molecule has 4 heteroatoms. The molecule has 126 valence electrons. The van der Waals surface area contributed by atoms with Gasteiger partial charge < -0.3 is 15.2 Å². The van der Waals surface area contributed by atoms with Crippen LogP contribution in [0.15, 0.2) is 0 Å². The van der Waals surface area contributed by atoms with Crippen LogP contribution < -0.4 is 5.32 Å². The molecule has 1 saturated heterocycles. The average molecular weight is 309 g/mol. The van der Waals surface area contributed by atoms with Gasteiger partial charge in [0.05, 0.1) is 5.60 Å². The Morgan fingerprint density at radius 2 is 2.00 bits per heavy atom. The van der Waals surface area contributed by atoms with Crippen LogP contribution >= 0.6 is 0 Å². The van der Waals surface area contributed by atoms with E-state index in [4.69, 9.17) is 4.74 Å². The second kappa shape index (κ2) is 6.12. The zero-order valence-electron chi connectivity index (χ0n) is 14.1. The third kappa shape index (κ3) is 3.18. The number of hydrogen-bond donors (Lipinski definition) is 2. The molecule has 3 fully saturated rings. The second-order valence-electron chi connectivity index (χ2n) is 8.44. The fraction of sp³-hybridized carbons (Fsp3) is 0.944. The first kappa shape index (κ1) is 16.3. The Morgan fingerprint density at radius 3 is 2.59 bits per heavy atom. The maximum atomic E-state index is 12.3. The van der Waals surface area contributed by atoms with E-state index in [1.54, 1.807) is 0 Å². The number of nitrogens with one attached hydrogen (secondary N) is 1. The fourth-order valence-corrected chi connectivity index (χ4v) is 4.81. The minimum atomic E-state index is -0.731. The number of carbonyl (C=O) groups is 1. The van der Waals surface area contributed by atoms with Gasteiger partial charge in [-0.1, -0.05) is 20.3 Å². The van der Waals surface area contributed by atoms with E-state index in [1.807, 2.05) is 0 Å². The molecule has 3 atom stereocenters. The summed E-state index contributed by atoms with van der Waals surface area (Å²) in [5, 5.41) is 13.9. The van der Waals surface area contributed by atoms with Crippen LogP contribution in [0, 0.1) is 23.2 Å². The highest BCUT2D eigenvalue weighted by atomic mass is 16.5. The van der Waals surface area contributed by atoms with E-state index in [1.165, 1.54) is 25.7 Å². The van der Waals surface area contributed by atoms with Crippen LogP contribution in [-0.4, -0.2) is 36.4 Å². The van der Waals surface area contributed by atoms with Crippen LogP contribution in [0.1, 0.15) is 58.8 Å². The van der Waals surface area contributed by atoms with Gasteiger partial charge in [0, 0.05) is 44.4 Å². The lowest BCUT2D eigenvalue weighted by molar-refractivity contribution is -0.136. The summed E-state index contributed by atoms with van der Waals surface area (Å²) in [7, 11) is 0. The maximum Gasteiger partial charge on any atom is 0.220 e. The number of carbonyl (C=O) groups excluding carboxylic acids is 1. The Morgan fingerprint density at radius 1 is 1.27 bits per heavy atom. The number of aliphatic hydroxyl groups is 1. The van der Waals surface area contributed by atoms with Crippen molar-refractivity contribution < 1.29 is 14.6 Å². The highest BCUT2D eigenvalue weighted by molar-refractivity contribution is 5.76. The monoisotopic (exact) mass is 309 g/mol. The molecule has 0 spiro atoms. The maximum absolute atomic E-state index is 12.3. The Balaban J connectivity index is 1.47. The normalized spacial score (nSPS) is 33.9. The second-order valence-corrected chi connectivity index (χ2v) is 8.44. The molecule has 0 aromatic carbocycles. The predicted molar refractivity (Wildman–Crippen MR) is 85.3 cm³/mol. The molecule has 2 bridgehead atoms. The van der Waals surface area contributed by atoms with Crippen molar-refractivity contribution in [2.45, 2.75) is 64.4 Å². The first-order chi connectivity index (χ1) is 10.4. The first-order valence-electron chi connectivity index (χ1n) is 8.96. The number of ether oxygens (including phenoxy) is 1. The fourth-order valence-electron chi connectivity index (χ4n) is 4.81. The van der Waals surface area contributed by atoms with Crippen LogP contribution in [0.3, 0.4) is 0 Å². The van der Waals surface area contributed by atoms with Gasteiger partial charge in [-0.2, -0.15) is 0 Å². The molecule has 0 radical (unpaired) electrons. The van der Waals surface area contributed by atoms with Crippen molar-refractivity contribution >= 4 is 5.91 Å². The molecular weight excluding hydrogens is 278 g/mol. The van der Waals surface area contributed by atoms with Crippen LogP contribution in [0.5, 0.6) is 0 Å². The highest BCUT2D eigenvalue weighted by Crippen LogP contribution is 2.49. The van der Waals surface area contributed by atoms with Crippen molar-refractivity contribution in [2.75, 3.05) is 19.8 Å². The van der Waals surface area contributed by atoms with Crippen LogP contribution in [0.4, 0.5) is 0 Å². The summed E-state index contributed by atoms with van der Waals surface area (Å²) in [4.78, 5) is 12.3. The number of fused-ring (bicyclic) bond motifs is 2. The van der Waals surface area contributed by atoms with Crippen molar-refractivity contribution in [3.05, 3.63) is 0 Å². The van der Waals surface area contributed by atoms with E-state index in [2.05, 4.69) is 19.2 Å². The van der Waals surface area contributed by atoms with Gasteiger partial charge in [0.2, 0.25) is 5.91 Å². The molecule has 2 saturated carbocycles. The summed E-state index contributed by atoms with van der Waals surface area (Å²) in [6.07, 6.45) is 7.30. The van der Waals surface area contributed by atoms with E-state index >= 15 is 0 Å². The molecule has 3 rings (SSSR count). The summed E-state index contributed by atoms with van der Waals surface area (Å²) < 4.78 is 5.36. The largest absolute Gasteiger partial charge is 0.389 e. The molecule has 4 nitrogen and oxygen atoms in total. The lowest BCUT2D eigenvalue weighted by Gasteiger charge is -2.45. The van der Waals surface area contributed by atoms with E-state index < -0.39 is 5.60 Å². The van der Waals surface area contributed by atoms with Crippen LogP contribution in [-0.2, 0) is 9.53 Å². The van der Waals surface area contributed by atoms with Gasteiger partial charge in [-0.15, -0.1) is 0 Å². The standard InChI is InChI=1S/C18H31NO3/c1-17(2,18(21)5-7-22-8-6-18)12-19-16(20)11-15-10-13-3-4-14(15)9-13/h13-15,21H,3-12H2,1-2H3,(H,19,20). The van der Waals surface area contributed by atoms with Crippen LogP contribution in [0.2, 0.25) is 0 Å². The smallest absolute Gasteiger partial charge is 0.220 e. The zero-order valence-corrected chi connectivity index (χ0v) is 14.1. The quantitative estimate of drug-likeness (QED) is 0.820. The van der Waals surface area contributed by atoms with Crippen molar-refractivity contribution in [2.24, 2.45) is 23.2 Å². The lowest BCUT2D eigenvalue weighted by atomic mass is 9.70. The summed E-state index contributed by atoms with van der Waals surface area (Å²) in [5.41, 5.74) is -1.05. The zero-order chi connectivity index (χ0) is 15.8. The molecule has 0 aromatic rings. The van der Waals surface area contributed by atoms with Gasteiger partial charge in [0.25, 0.3) is 0 Å². The minimum absolute atomic E-state index is 0.168. The highest BCUT2D eigenvalue weighted by Gasteiger charge is 2.45. The van der Waals surface area contributed by atoms with Crippen molar-refractivity contribution in [1.29, 1.82) is 0 Å². The van der Waals surface area contributed by atoms with E-state index in [-0.39, 0.29) is 11.3 Å².